The van der Waals surface area contributed by atoms with Crippen LogP contribution < -0.4 is 0 Å². The van der Waals surface area contributed by atoms with E-state index in [1.54, 1.807) is 0 Å². The van der Waals surface area contributed by atoms with Gasteiger partial charge in [0.2, 0.25) is 0 Å². The fourth-order valence-corrected chi connectivity index (χ4v) is 9.31. The molecule has 4 aromatic heterocycles. The van der Waals surface area contributed by atoms with Crippen molar-refractivity contribution in [3.63, 3.8) is 0 Å². The standard InChI is InChI=1S/C49H30N4S/c1-3-14-32(15-4-1)42-30-43(33-16-5-2-6-17-33)52-49(51-42)34-22-25-35(26-23-34)53-44-21-10-9-19-37(44)39-29-40(41-20-11-12-28-50-41)48-45(46(39)53)38-27-24-31-13-7-8-18-36(31)47(38)54-48/h1-30H. The van der Waals surface area contributed by atoms with Gasteiger partial charge in [-0.15, -0.1) is 11.3 Å². The average molecular weight is 707 g/mol. The summed E-state index contributed by atoms with van der Waals surface area (Å²) in [5.74, 6) is 0.696. The Balaban J connectivity index is 1.16. The number of aromatic nitrogens is 4. The normalized spacial score (nSPS) is 11.7. The molecule has 0 unspecified atom stereocenters. The molecule has 11 rings (SSSR count). The maximum atomic E-state index is 5.10. The van der Waals surface area contributed by atoms with Crippen molar-refractivity contribution in [2.45, 2.75) is 0 Å². The van der Waals surface area contributed by atoms with Gasteiger partial charge >= 0.3 is 0 Å². The summed E-state index contributed by atoms with van der Waals surface area (Å²) in [6.07, 6.45) is 1.89. The minimum Gasteiger partial charge on any atom is -0.309 e. The second-order valence-electron chi connectivity index (χ2n) is 13.6. The molecular formula is C49H30N4S. The van der Waals surface area contributed by atoms with Gasteiger partial charge in [0.1, 0.15) is 0 Å². The third-order valence-electron chi connectivity index (χ3n) is 10.5. The van der Waals surface area contributed by atoms with E-state index in [2.05, 4.69) is 162 Å². The van der Waals surface area contributed by atoms with Crippen LogP contribution in [0.3, 0.4) is 0 Å². The van der Waals surface area contributed by atoms with Crippen LogP contribution in [0.25, 0.3) is 104 Å². The molecule has 5 heteroatoms. The lowest BCUT2D eigenvalue weighted by Gasteiger charge is -2.12. The number of pyridine rings is 1. The maximum absolute atomic E-state index is 5.10. The van der Waals surface area contributed by atoms with Crippen LogP contribution in [-0.2, 0) is 0 Å². The van der Waals surface area contributed by atoms with Crippen molar-refractivity contribution < 1.29 is 0 Å². The molecule has 11 aromatic rings. The number of hydrogen-bond acceptors (Lipinski definition) is 4. The van der Waals surface area contributed by atoms with Crippen LogP contribution in [-0.4, -0.2) is 19.5 Å². The van der Waals surface area contributed by atoms with Gasteiger partial charge in [-0.2, -0.15) is 0 Å². The van der Waals surface area contributed by atoms with E-state index >= 15 is 0 Å². The Morgan fingerprint density at radius 1 is 0.444 bits per heavy atom. The molecule has 4 nitrogen and oxygen atoms in total. The lowest BCUT2D eigenvalue weighted by molar-refractivity contribution is 1.17. The molecule has 0 saturated heterocycles. The number of hydrogen-bond donors (Lipinski definition) is 0. The molecule has 0 aliphatic rings. The number of fused-ring (bicyclic) bond motifs is 9. The molecule has 0 aliphatic heterocycles. The van der Waals surface area contributed by atoms with E-state index in [0.717, 1.165) is 50.5 Å². The number of para-hydroxylation sites is 1. The van der Waals surface area contributed by atoms with Crippen molar-refractivity contribution in [3.8, 4) is 50.8 Å². The lowest BCUT2D eigenvalue weighted by atomic mass is 10.00. The number of benzene rings is 7. The van der Waals surface area contributed by atoms with Crippen LogP contribution >= 0.6 is 11.3 Å². The van der Waals surface area contributed by atoms with Crippen LogP contribution in [0.5, 0.6) is 0 Å². The highest BCUT2D eigenvalue weighted by Crippen LogP contribution is 2.48. The largest absolute Gasteiger partial charge is 0.309 e. The third kappa shape index (κ3) is 4.86. The highest BCUT2D eigenvalue weighted by atomic mass is 32.1. The molecule has 7 aromatic carbocycles. The van der Waals surface area contributed by atoms with Gasteiger partial charge in [-0.3, -0.25) is 4.98 Å². The van der Waals surface area contributed by atoms with Crippen LogP contribution in [0.2, 0.25) is 0 Å². The molecule has 0 bridgehead atoms. The van der Waals surface area contributed by atoms with Gasteiger partial charge in [0.15, 0.2) is 5.82 Å². The Kier molecular flexibility index (Phi) is 7.00. The summed E-state index contributed by atoms with van der Waals surface area (Å²) >= 11 is 1.87. The second-order valence-corrected chi connectivity index (χ2v) is 14.6. The topological polar surface area (TPSA) is 43.6 Å². The van der Waals surface area contributed by atoms with Crippen LogP contribution in [0.15, 0.2) is 182 Å². The summed E-state index contributed by atoms with van der Waals surface area (Å²) in [7, 11) is 0. The van der Waals surface area contributed by atoms with E-state index in [9.17, 15) is 0 Å². The molecule has 54 heavy (non-hydrogen) atoms. The molecule has 0 fully saturated rings. The predicted octanol–water partition coefficient (Wildman–Crippen LogP) is 13.2. The fourth-order valence-electron chi connectivity index (χ4n) is 7.95. The molecule has 0 spiro atoms. The Bertz CT molecular complexity index is 3130. The minimum absolute atomic E-state index is 0.696. The smallest absolute Gasteiger partial charge is 0.160 e. The Morgan fingerprint density at radius 2 is 1.11 bits per heavy atom. The zero-order valence-electron chi connectivity index (χ0n) is 29.0. The zero-order valence-corrected chi connectivity index (χ0v) is 29.8. The predicted molar refractivity (Wildman–Crippen MR) is 226 cm³/mol. The Morgan fingerprint density at radius 3 is 1.83 bits per heavy atom. The third-order valence-corrected chi connectivity index (χ3v) is 11.7. The van der Waals surface area contributed by atoms with Crippen molar-refractivity contribution in [2.24, 2.45) is 0 Å². The van der Waals surface area contributed by atoms with E-state index in [1.165, 1.54) is 47.2 Å². The number of nitrogens with zero attached hydrogens (tertiary/aromatic N) is 4. The molecule has 0 aliphatic carbocycles. The van der Waals surface area contributed by atoms with Crippen LogP contribution in [0, 0.1) is 0 Å². The summed E-state index contributed by atoms with van der Waals surface area (Å²) in [5, 5.41) is 7.46. The molecule has 0 N–H and O–H groups in total. The monoisotopic (exact) mass is 706 g/mol. The first-order valence-electron chi connectivity index (χ1n) is 18.1. The van der Waals surface area contributed by atoms with Crippen molar-refractivity contribution >= 4 is 64.1 Å². The second kappa shape index (κ2) is 12.3. The summed E-state index contributed by atoms with van der Waals surface area (Å²) in [4.78, 5) is 15.1. The first-order chi connectivity index (χ1) is 26.8. The molecule has 4 heterocycles. The van der Waals surface area contributed by atoms with E-state index in [1.807, 2.05) is 35.7 Å². The van der Waals surface area contributed by atoms with Crippen molar-refractivity contribution in [1.29, 1.82) is 0 Å². The quantitative estimate of drug-likeness (QED) is 0.179. The molecule has 0 atom stereocenters. The maximum Gasteiger partial charge on any atom is 0.160 e. The summed E-state index contributed by atoms with van der Waals surface area (Å²) in [6.45, 7) is 0. The highest BCUT2D eigenvalue weighted by molar-refractivity contribution is 7.27. The van der Waals surface area contributed by atoms with Crippen molar-refractivity contribution in [3.05, 3.63) is 182 Å². The number of rotatable bonds is 5. The van der Waals surface area contributed by atoms with Gasteiger partial charge in [-0.25, -0.2) is 9.97 Å². The number of thiophene rings is 1. The fraction of sp³-hybridized carbons (Fsp3) is 0. The zero-order chi connectivity index (χ0) is 35.6. The first kappa shape index (κ1) is 30.7. The van der Waals surface area contributed by atoms with Gasteiger partial charge in [0, 0.05) is 65.1 Å². The lowest BCUT2D eigenvalue weighted by Crippen LogP contribution is -1.97. The van der Waals surface area contributed by atoms with Crippen LogP contribution in [0.4, 0.5) is 0 Å². The van der Waals surface area contributed by atoms with E-state index in [0.29, 0.717) is 5.82 Å². The molecule has 0 amide bonds. The van der Waals surface area contributed by atoms with E-state index in [4.69, 9.17) is 15.0 Å². The van der Waals surface area contributed by atoms with Crippen molar-refractivity contribution in [2.75, 3.05) is 0 Å². The molecule has 252 valence electrons. The Hall–Kier alpha value is -6.95. The van der Waals surface area contributed by atoms with Crippen LogP contribution in [0.1, 0.15) is 0 Å². The SMILES string of the molecule is c1ccc(-c2cc(-c3ccccc3)nc(-c3ccc(-n4c5ccccc5c5cc(-c6ccccn6)c6sc7c8ccccc8ccc7c6c54)cc3)n2)cc1. The molecular weight excluding hydrogens is 677 g/mol. The van der Waals surface area contributed by atoms with Gasteiger partial charge in [0.25, 0.3) is 0 Å². The summed E-state index contributed by atoms with van der Waals surface area (Å²) < 4.78 is 4.98. The van der Waals surface area contributed by atoms with Gasteiger partial charge in [-0.05, 0) is 65.4 Å². The summed E-state index contributed by atoms with van der Waals surface area (Å²) in [5.41, 5.74) is 10.5. The van der Waals surface area contributed by atoms with Gasteiger partial charge in [0.05, 0.1) is 28.1 Å². The molecule has 0 radical (unpaired) electrons. The highest BCUT2D eigenvalue weighted by Gasteiger charge is 2.23. The Labute approximate surface area is 315 Å². The van der Waals surface area contributed by atoms with E-state index in [-0.39, 0.29) is 0 Å². The minimum atomic E-state index is 0.696. The molecule has 0 saturated carbocycles. The first-order valence-corrected chi connectivity index (χ1v) is 18.9. The van der Waals surface area contributed by atoms with Crippen molar-refractivity contribution in [1.82, 2.24) is 19.5 Å². The summed E-state index contributed by atoms with van der Waals surface area (Å²) in [6, 6.07) is 62.1. The van der Waals surface area contributed by atoms with E-state index < -0.39 is 0 Å². The van der Waals surface area contributed by atoms with Gasteiger partial charge in [-0.1, -0.05) is 121 Å². The van der Waals surface area contributed by atoms with Gasteiger partial charge < -0.3 is 4.57 Å². The average Bonchev–Trinajstić information content (AvgIpc) is 3.81.